The van der Waals surface area contributed by atoms with E-state index < -0.39 is 5.82 Å². The minimum absolute atomic E-state index is 0.154. The van der Waals surface area contributed by atoms with Gasteiger partial charge in [-0.1, -0.05) is 0 Å². The van der Waals surface area contributed by atoms with Gasteiger partial charge in [0, 0.05) is 10.9 Å². The molecule has 0 bridgehead atoms. The van der Waals surface area contributed by atoms with Gasteiger partial charge in [0.25, 0.3) is 5.91 Å². The van der Waals surface area contributed by atoms with E-state index in [9.17, 15) is 9.18 Å². The SMILES string of the molecule is COc1ccc(OCC(=O)Nc2nc(-c3ccc(OC)c(F)c3)cs2)cc1. The molecule has 8 heteroatoms. The van der Waals surface area contributed by atoms with Crippen LogP contribution in [0.25, 0.3) is 11.3 Å². The topological polar surface area (TPSA) is 69.7 Å². The lowest BCUT2D eigenvalue weighted by Crippen LogP contribution is -2.20. The molecule has 0 radical (unpaired) electrons. The lowest BCUT2D eigenvalue weighted by Gasteiger charge is -2.06. The number of aromatic nitrogens is 1. The summed E-state index contributed by atoms with van der Waals surface area (Å²) in [4.78, 5) is 16.3. The van der Waals surface area contributed by atoms with Gasteiger partial charge in [-0.05, 0) is 42.5 Å². The lowest BCUT2D eigenvalue weighted by atomic mass is 10.1. The first-order valence-electron chi connectivity index (χ1n) is 7.95. The van der Waals surface area contributed by atoms with Crippen LogP contribution in [-0.4, -0.2) is 31.7 Å². The molecule has 0 aliphatic heterocycles. The summed E-state index contributed by atoms with van der Waals surface area (Å²) in [6, 6.07) is 11.5. The van der Waals surface area contributed by atoms with Gasteiger partial charge in [-0.15, -0.1) is 11.3 Å². The molecule has 0 unspecified atom stereocenters. The Labute approximate surface area is 159 Å². The number of methoxy groups -OCH3 is 2. The largest absolute Gasteiger partial charge is 0.497 e. The zero-order valence-electron chi connectivity index (χ0n) is 14.7. The number of ether oxygens (including phenoxy) is 3. The van der Waals surface area contributed by atoms with Gasteiger partial charge in [-0.25, -0.2) is 9.37 Å². The maximum Gasteiger partial charge on any atom is 0.264 e. The Kier molecular flexibility index (Phi) is 5.87. The molecule has 1 N–H and O–H groups in total. The van der Waals surface area contributed by atoms with Gasteiger partial charge >= 0.3 is 0 Å². The molecule has 0 spiro atoms. The van der Waals surface area contributed by atoms with E-state index in [0.717, 1.165) is 0 Å². The van der Waals surface area contributed by atoms with Crippen LogP contribution < -0.4 is 19.5 Å². The van der Waals surface area contributed by atoms with Gasteiger partial charge in [0.15, 0.2) is 23.3 Å². The fourth-order valence-corrected chi connectivity index (χ4v) is 3.00. The number of halogens is 1. The lowest BCUT2D eigenvalue weighted by molar-refractivity contribution is -0.118. The van der Waals surface area contributed by atoms with E-state index in [-0.39, 0.29) is 18.3 Å². The number of amides is 1. The van der Waals surface area contributed by atoms with Crippen LogP contribution in [0.2, 0.25) is 0 Å². The first kappa shape index (κ1) is 18.7. The summed E-state index contributed by atoms with van der Waals surface area (Å²) in [6.07, 6.45) is 0. The molecule has 0 saturated carbocycles. The van der Waals surface area contributed by atoms with Crippen LogP contribution in [0.4, 0.5) is 9.52 Å². The van der Waals surface area contributed by atoms with Crippen molar-refractivity contribution < 1.29 is 23.4 Å². The van der Waals surface area contributed by atoms with Crippen molar-refractivity contribution in [2.45, 2.75) is 0 Å². The van der Waals surface area contributed by atoms with Gasteiger partial charge < -0.3 is 14.2 Å². The molecule has 6 nitrogen and oxygen atoms in total. The van der Waals surface area contributed by atoms with Crippen LogP contribution in [-0.2, 0) is 4.79 Å². The normalized spacial score (nSPS) is 10.3. The molecule has 3 rings (SSSR count). The monoisotopic (exact) mass is 388 g/mol. The van der Waals surface area contributed by atoms with Crippen molar-refractivity contribution in [1.29, 1.82) is 0 Å². The number of anilines is 1. The number of benzene rings is 2. The van der Waals surface area contributed by atoms with Gasteiger partial charge in [-0.3, -0.25) is 10.1 Å². The highest BCUT2D eigenvalue weighted by molar-refractivity contribution is 7.14. The highest BCUT2D eigenvalue weighted by Gasteiger charge is 2.11. The first-order chi connectivity index (χ1) is 13.1. The number of thiazole rings is 1. The Morgan fingerprint density at radius 3 is 2.52 bits per heavy atom. The van der Waals surface area contributed by atoms with E-state index in [1.165, 1.54) is 30.6 Å². The Morgan fingerprint density at radius 1 is 1.11 bits per heavy atom. The minimum Gasteiger partial charge on any atom is -0.497 e. The van der Waals surface area contributed by atoms with Crippen molar-refractivity contribution in [3.05, 3.63) is 53.7 Å². The highest BCUT2D eigenvalue weighted by Crippen LogP contribution is 2.28. The molecule has 1 amide bonds. The molecule has 27 heavy (non-hydrogen) atoms. The van der Waals surface area contributed by atoms with Crippen LogP contribution in [0.5, 0.6) is 17.2 Å². The van der Waals surface area contributed by atoms with Crippen molar-refractivity contribution >= 4 is 22.4 Å². The molecular weight excluding hydrogens is 371 g/mol. The average Bonchev–Trinajstić information content (AvgIpc) is 3.15. The number of rotatable bonds is 7. The van der Waals surface area contributed by atoms with Crippen LogP contribution in [0, 0.1) is 5.82 Å². The van der Waals surface area contributed by atoms with E-state index in [1.807, 2.05) is 0 Å². The zero-order valence-corrected chi connectivity index (χ0v) is 15.5. The quantitative estimate of drug-likeness (QED) is 0.663. The third-order valence-corrected chi connectivity index (χ3v) is 4.39. The highest BCUT2D eigenvalue weighted by atomic mass is 32.1. The van der Waals surface area contributed by atoms with Crippen LogP contribution in [0.3, 0.4) is 0 Å². The van der Waals surface area contributed by atoms with Crippen molar-refractivity contribution in [3.8, 4) is 28.5 Å². The fourth-order valence-electron chi connectivity index (χ4n) is 2.27. The third-order valence-electron chi connectivity index (χ3n) is 3.63. The Balaban J connectivity index is 1.58. The molecule has 1 aromatic heterocycles. The molecule has 0 aliphatic rings. The minimum atomic E-state index is -0.471. The van der Waals surface area contributed by atoms with Crippen LogP contribution in [0.1, 0.15) is 0 Å². The molecule has 0 aliphatic carbocycles. The van der Waals surface area contributed by atoms with Crippen molar-refractivity contribution in [2.24, 2.45) is 0 Å². The van der Waals surface area contributed by atoms with Gasteiger partial charge in [-0.2, -0.15) is 0 Å². The summed E-state index contributed by atoms with van der Waals surface area (Å²) < 4.78 is 29.2. The summed E-state index contributed by atoms with van der Waals surface area (Å²) in [5, 5.41) is 4.81. The smallest absolute Gasteiger partial charge is 0.264 e. The summed E-state index contributed by atoms with van der Waals surface area (Å²) >= 11 is 1.25. The fraction of sp³-hybridized carbons (Fsp3) is 0.158. The van der Waals surface area contributed by atoms with Crippen molar-refractivity contribution in [2.75, 3.05) is 26.1 Å². The van der Waals surface area contributed by atoms with Gasteiger partial charge in [0.2, 0.25) is 0 Å². The Morgan fingerprint density at radius 2 is 1.85 bits per heavy atom. The maximum absolute atomic E-state index is 13.8. The van der Waals surface area contributed by atoms with Crippen molar-refractivity contribution in [1.82, 2.24) is 4.98 Å². The number of carbonyl (C=O) groups is 1. The number of hydrogen-bond acceptors (Lipinski definition) is 6. The molecule has 0 fully saturated rings. The molecule has 2 aromatic carbocycles. The Hall–Kier alpha value is -3.13. The molecule has 1 heterocycles. The second-order valence-electron chi connectivity index (χ2n) is 5.40. The van der Waals surface area contributed by atoms with E-state index >= 15 is 0 Å². The standard InChI is InChI=1S/C19H17FN2O4S/c1-24-13-4-6-14(7-5-13)26-10-18(23)22-19-21-16(11-27-19)12-3-8-17(25-2)15(20)9-12/h3-9,11H,10H2,1-2H3,(H,21,22,23). The number of carbonyl (C=O) groups excluding carboxylic acids is 1. The van der Waals surface area contributed by atoms with Crippen LogP contribution >= 0.6 is 11.3 Å². The first-order valence-corrected chi connectivity index (χ1v) is 8.83. The van der Waals surface area contributed by atoms with E-state index in [2.05, 4.69) is 10.3 Å². The second-order valence-corrected chi connectivity index (χ2v) is 6.26. The van der Waals surface area contributed by atoms with Gasteiger partial charge in [0.05, 0.1) is 19.9 Å². The van der Waals surface area contributed by atoms with Crippen molar-refractivity contribution in [3.63, 3.8) is 0 Å². The van der Waals surface area contributed by atoms with Crippen LogP contribution in [0.15, 0.2) is 47.8 Å². The van der Waals surface area contributed by atoms with Gasteiger partial charge in [0.1, 0.15) is 11.5 Å². The van der Waals surface area contributed by atoms with E-state index in [0.29, 0.717) is 27.9 Å². The molecule has 0 saturated heterocycles. The Bertz CT molecular complexity index is 928. The average molecular weight is 388 g/mol. The van der Waals surface area contributed by atoms with E-state index in [1.54, 1.807) is 42.8 Å². The number of nitrogens with zero attached hydrogens (tertiary/aromatic N) is 1. The summed E-state index contributed by atoms with van der Waals surface area (Å²) in [7, 11) is 2.98. The second kappa shape index (κ2) is 8.50. The maximum atomic E-state index is 13.8. The summed E-state index contributed by atoms with van der Waals surface area (Å²) in [5.74, 6) is 0.615. The molecule has 3 aromatic rings. The summed E-state index contributed by atoms with van der Waals surface area (Å²) in [5.41, 5.74) is 1.16. The predicted octanol–water partition coefficient (Wildman–Crippen LogP) is 3.98. The third kappa shape index (κ3) is 4.73. The predicted molar refractivity (Wildman–Crippen MR) is 101 cm³/mol. The van der Waals surface area contributed by atoms with E-state index in [4.69, 9.17) is 14.2 Å². The zero-order chi connectivity index (χ0) is 19.2. The molecular formula is C19H17FN2O4S. The number of hydrogen-bond donors (Lipinski definition) is 1. The molecule has 0 atom stereocenters. The molecule has 140 valence electrons. The number of nitrogens with one attached hydrogen (secondary N) is 1. The summed E-state index contributed by atoms with van der Waals surface area (Å²) in [6.45, 7) is -0.154.